The highest BCUT2D eigenvalue weighted by atomic mass is 16.5. The third-order valence-electron chi connectivity index (χ3n) is 4.89. The molecule has 1 atom stereocenters. The van der Waals surface area contributed by atoms with Gasteiger partial charge in [0.2, 0.25) is 0 Å². The quantitative estimate of drug-likeness (QED) is 0.465. The van der Waals surface area contributed by atoms with Crippen molar-refractivity contribution in [2.45, 2.75) is 45.4 Å². The average molecular weight is 424 g/mol. The van der Waals surface area contributed by atoms with Crippen molar-refractivity contribution >= 4 is 5.91 Å². The number of imidazole rings is 1. The zero-order valence-corrected chi connectivity index (χ0v) is 17.7. The molecule has 7 heteroatoms. The summed E-state index contributed by atoms with van der Waals surface area (Å²) in [7, 11) is 0. The molecule has 0 aliphatic carbocycles. The van der Waals surface area contributed by atoms with Crippen molar-refractivity contribution in [3.05, 3.63) is 77.9 Å². The summed E-state index contributed by atoms with van der Waals surface area (Å²) in [6.07, 6.45) is 4.75. The molecule has 3 rings (SSSR count). The molecule has 1 heterocycles. The Morgan fingerprint density at radius 2 is 1.94 bits per heavy atom. The molecule has 0 unspecified atom stereocenters. The lowest BCUT2D eigenvalue weighted by molar-refractivity contribution is 0.0995. The molecule has 0 aliphatic heterocycles. The van der Waals surface area contributed by atoms with Crippen LogP contribution in [0.1, 0.15) is 41.4 Å². The van der Waals surface area contributed by atoms with Gasteiger partial charge >= 0.3 is 0 Å². The number of aliphatic hydroxyl groups excluding tert-OH is 1. The SMILES string of the molecule is CCOc1ccc(COc2ccccc2CCC[C@H](O)Cn2cnc(C(N)=O)c2)cc1. The number of rotatable bonds is 12. The van der Waals surface area contributed by atoms with Gasteiger partial charge in [-0.25, -0.2) is 4.98 Å². The zero-order valence-electron chi connectivity index (χ0n) is 17.7. The van der Waals surface area contributed by atoms with Gasteiger partial charge < -0.3 is 24.9 Å². The topological polar surface area (TPSA) is 99.6 Å². The maximum atomic E-state index is 11.1. The van der Waals surface area contributed by atoms with E-state index in [0.717, 1.165) is 35.5 Å². The Labute approximate surface area is 182 Å². The van der Waals surface area contributed by atoms with Crippen LogP contribution in [0.4, 0.5) is 0 Å². The van der Waals surface area contributed by atoms with Crippen molar-refractivity contribution in [3.63, 3.8) is 0 Å². The van der Waals surface area contributed by atoms with Crippen molar-refractivity contribution in [2.24, 2.45) is 5.73 Å². The van der Waals surface area contributed by atoms with Crippen LogP contribution in [0.25, 0.3) is 0 Å². The Morgan fingerprint density at radius 1 is 1.16 bits per heavy atom. The van der Waals surface area contributed by atoms with Crippen LogP contribution in [0.5, 0.6) is 11.5 Å². The first kappa shape index (κ1) is 22.4. The predicted octanol–water partition coefficient (Wildman–Crippen LogP) is 3.34. The summed E-state index contributed by atoms with van der Waals surface area (Å²) in [6, 6.07) is 15.9. The van der Waals surface area contributed by atoms with E-state index in [4.69, 9.17) is 15.2 Å². The van der Waals surface area contributed by atoms with Gasteiger partial charge in [0.15, 0.2) is 0 Å². The first-order valence-electron chi connectivity index (χ1n) is 10.5. The summed E-state index contributed by atoms with van der Waals surface area (Å²) in [5, 5.41) is 10.3. The molecule has 7 nitrogen and oxygen atoms in total. The molecule has 0 fully saturated rings. The summed E-state index contributed by atoms with van der Waals surface area (Å²) in [5.41, 5.74) is 7.59. The smallest absolute Gasteiger partial charge is 0.268 e. The lowest BCUT2D eigenvalue weighted by atomic mass is 10.0. The fourth-order valence-electron chi connectivity index (χ4n) is 3.31. The van der Waals surface area contributed by atoms with Crippen LogP contribution >= 0.6 is 0 Å². The fourth-order valence-corrected chi connectivity index (χ4v) is 3.31. The highest BCUT2D eigenvalue weighted by Crippen LogP contribution is 2.22. The zero-order chi connectivity index (χ0) is 22.1. The minimum Gasteiger partial charge on any atom is -0.494 e. The predicted molar refractivity (Wildman–Crippen MR) is 118 cm³/mol. The first-order chi connectivity index (χ1) is 15.0. The summed E-state index contributed by atoms with van der Waals surface area (Å²) in [6.45, 7) is 3.46. The number of benzene rings is 2. The Balaban J connectivity index is 1.47. The van der Waals surface area contributed by atoms with Crippen LogP contribution in [0.15, 0.2) is 61.1 Å². The van der Waals surface area contributed by atoms with E-state index in [-0.39, 0.29) is 5.69 Å². The van der Waals surface area contributed by atoms with Gasteiger partial charge in [0, 0.05) is 12.7 Å². The molecular formula is C24H29N3O4. The fraction of sp³-hybridized carbons (Fsp3) is 0.333. The number of aromatic nitrogens is 2. The second kappa shape index (κ2) is 11.2. The Kier molecular flexibility index (Phi) is 8.06. The van der Waals surface area contributed by atoms with E-state index in [1.807, 2.05) is 49.4 Å². The van der Waals surface area contributed by atoms with Crippen molar-refractivity contribution in [2.75, 3.05) is 6.61 Å². The van der Waals surface area contributed by atoms with Gasteiger partial charge in [0.25, 0.3) is 5.91 Å². The minimum absolute atomic E-state index is 0.200. The number of nitrogens with two attached hydrogens (primary N) is 1. The number of aliphatic hydroxyl groups is 1. The highest BCUT2D eigenvalue weighted by Gasteiger charge is 2.10. The van der Waals surface area contributed by atoms with E-state index in [9.17, 15) is 9.90 Å². The molecule has 0 bridgehead atoms. The Hall–Kier alpha value is -3.32. The van der Waals surface area contributed by atoms with E-state index in [1.54, 1.807) is 10.8 Å². The van der Waals surface area contributed by atoms with Crippen LogP contribution in [0, 0.1) is 0 Å². The maximum Gasteiger partial charge on any atom is 0.268 e. The molecule has 0 saturated carbocycles. The number of amides is 1. The van der Waals surface area contributed by atoms with Crippen molar-refractivity contribution < 1.29 is 19.4 Å². The summed E-state index contributed by atoms with van der Waals surface area (Å²) < 4.78 is 13.2. The molecule has 1 amide bonds. The number of hydrogen-bond donors (Lipinski definition) is 2. The van der Waals surface area contributed by atoms with Gasteiger partial charge in [-0.05, 0) is 55.5 Å². The molecule has 0 saturated heterocycles. The van der Waals surface area contributed by atoms with Crippen molar-refractivity contribution in [3.8, 4) is 11.5 Å². The Bertz CT molecular complexity index is 969. The normalized spacial score (nSPS) is 11.8. The van der Waals surface area contributed by atoms with Gasteiger partial charge in [0.05, 0.1) is 19.0 Å². The number of carbonyl (C=O) groups is 1. The van der Waals surface area contributed by atoms with E-state index in [2.05, 4.69) is 11.1 Å². The van der Waals surface area contributed by atoms with E-state index >= 15 is 0 Å². The number of hydrogen-bond acceptors (Lipinski definition) is 5. The first-order valence-corrected chi connectivity index (χ1v) is 10.5. The number of primary amides is 1. The molecule has 2 aromatic carbocycles. The van der Waals surface area contributed by atoms with E-state index in [1.165, 1.54) is 6.33 Å². The van der Waals surface area contributed by atoms with E-state index in [0.29, 0.717) is 26.2 Å². The highest BCUT2D eigenvalue weighted by molar-refractivity contribution is 5.90. The Morgan fingerprint density at radius 3 is 2.65 bits per heavy atom. The molecule has 164 valence electrons. The van der Waals surface area contributed by atoms with Gasteiger partial charge in [0.1, 0.15) is 23.8 Å². The molecule has 31 heavy (non-hydrogen) atoms. The van der Waals surface area contributed by atoms with E-state index < -0.39 is 12.0 Å². The van der Waals surface area contributed by atoms with Crippen LogP contribution in [0.2, 0.25) is 0 Å². The van der Waals surface area contributed by atoms with Gasteiger partial charge in [-0.3, -0.25) is 4.79 Å². The van der Waals surface area contributed by atoms with Crippen LogP contribution in [0.3, 0.4) is 0 Å². The van der Waals surface area contributed by atoms with Gasteiger partial charge in [-0.2, -0.15) is 0 Å². The average Bonchev–Trinajstić information content (AvgIpc) is 3.23. The summed E-state index contributed by atoms with van der Waals surface area (Å²) in [4.78, 5) is 15.0. The van der Waals surface area contributed by atoms with Crippen LogP contribution in [-0.4, -0.2) is 33.3 Å². The second-order valence-corrected chi connectivity index (χ2v) is 7.34. The van der Waals surface area contributed by atoms with Crippen molar-refractivity contribution in [1.29, 1.82) is 0 Å². The van der Waals surface area contributed by atoms with Crippen molar-refractivity contribution in [1.82, 2.24) is 9.55 Å². The van der Waals surface area contributed by atoms with Gasteiger partial charge in [-0.1, -0.05) is 30.3 Å². The minimum atomic E-state index is -0.574. The maximum absolute atomic E-state index is 11.1. The number of carbonyl (C=O) groups excluding carboxylic acids is 1. The summed E-state index contributed by atoms with van der Waals surface area (Å²) >= 11 is 0. The molecule has 3 aromatic rings. The third kappa shape index (κ3) is 6.86. The lowest BCUT2D eigenvalue weighted by Gasteiger charge is -2.14. The molecule has 3 N–H and O–H groups in total. The molecule has 0 aliphatic rings. The second-order valence-electron chi connectivity index (χ2n) is 7.34. The standard InChI is InChI=1S/C24H29N3O4/c1-2-30-21-12-10-18(11-13-21)16-31-23-9-4-3-6-19(23)7-5-8-20(28)14-27-15-22(24(25)29)26-17-27/h3-4,6,9-13,15,17,20,28H,2,5,7-8,14,16H2,1H3,(H2,25,29)/t20-/m0/s1. The molecular weight excluding hydrogens is 394 g/mol. The molecule has 1 aromatic heterocycles. The summed E-state index contributed by atoms with van der Waals surface area (Å²) in [5.74, 6) is 1.13. The molecule has 0 radical (unpaired) electrons. The number of nitrogens with zero attached hydrogens (tertiary/aromatic N) is 2. The van der Waals surface area contributed by atoms with Crippen LogP contribution < -0.4 is 15.2 Å². The number of aryl methyl sites for hydroxylation is 1. The number of ether oxygens (including phenoxy) is 2. The largest absolute Gasteiger partial charge is 0.494 e. The lowest BCUT2D eigenvalue weighted by Crippen LogP contribution is -2.15. The van der Waals surface area contributed by atoms with Gasteiger partial charge in [-0.15, -0.1) is 0 Å². The monoisotopic (exact) mass is 423 g/mol. The third-order valence-corrected chi connectivity index (χ3v) is 4.89. The number of para-hydroxylation sites is 1. The molecule has 0 spiro atoms. The van der Waals surface area contributed by atoms with Crippen LogP contribution in [-0.2, 0) is 19.6 Å².